The van der Waals surface area contributed by atoms with Gasteiger partial charge in [0.15, 0.2) is 0 Å². The van der Waals surface area contributed by atoms with E-state index in [4.69, 9.17) is 0 Å². The molecule has 0 radical (unpaired) electrons. The molecule has 10 heteroatoms. The molecule has 0 aromatic carbocycles. The lowest BCUT2D eigenvalue weighted by molar-refractivity contribution is 0.102. The van der Waals surface area contributed by atoms with Gasteiger partial charge < -0.3 is 20.6 Å². The van der Waals surface area contributed by atoms with Crippen LogP contribution >= 0.6 is 0 Å². The van der Waals surface area contributed by atoms with Crippen LogP contribution in [0.15, 0.2) is 49.8 Å². The van der Waals surface area contributed by atoms with Crippen LogP contribution in [0.3, 0.4) is 0 Å². The SMILES string of the molecule is C=CCC(O)C(C)Nc1nccc(C(=O)Nc2cnc(F)cc2N2CCN(CC=C)CC2)n1. The molecule has 2 unspecified atom stereocenters. The van der Waals surface area contributed by atoms with Gasteiger partial charge in [0, 0.05) is 45.0 Å². The summed E-state index contributed by atoms with van der Waals surface area (Å²) in [6.07, 6.45) is 6.01. The van der Waals surface area contributed by atoms with Gasteiger partial charge in [0.1, 0.15) is 5.69 Å². The number of hydrogen-bond acceptors (Lipinski definition) is 8. The van der Waals surface area contributed by atoms with Crippen molar-refractivity contribution >= 4 is 23.2 Å². The second kappa shape index (κ2) is 11.5. The van der Waals surface area contributed by atoms with Gasteiger partial charge >= 0.3 is 0 Å². The third-order valence-electron chi connectivity index (χ3n) is 5.43. The van der Waals surface area contributed by atoms with Crippen LogP contribution in [0.2, 0.25) is 0 Å². The van der Waals surface area contributed by atoms with E-state index in [1.165, 1.54) is 24.5 Å². The Kier molecular flexibility index (Phi) is 8.45. The Labute approximate surface area is 193 Å². The number of pyridine rings is 1. The van der Waals surface area contributed by atoms with E-state index >= 15 is 0 Å². The lowest BCUT2D eigenvalue weighted by atomic mass is 10.1. The number of hydrogen-bond donors (Lipinski definition) is 3. The number of piperazine rings is 1. The third-order valence-corrected chi connectivity index (χ3v) is 5.43. The van der Waals surface area contributed by atoms with E-state index in [9.17, 15) is 14.3 Å². The number of aromatic nitrogens is 3. The highest BCUT2D eigenvalue weighted by Gasteiger charge is 2.21. The average Bonchev–Trinajstić information content (AvgIpc) is 2.81. The van der Waals surface area contributed by atoms with Gasteiger partial charge in [-0.1, -0.05) is 12.2 Å². The molecule has 176 valence electrons. The van der Waals surface area contributed by atoms with Crippen LogP contribution in [0, 0.1) is 5.95 Å². The Morgan fingerprint density at radius 2 is 2.03 bits per heavy atom. The number of aliphatic hydroxyl groups is 1. The summed E-state index contributed by atoms with van der Waals surface area (Å²) >= 11 is 0. The van der Waals surface area contributed by atoms with Gasteiger partial charge in [-0.15, -0.1) is 13.2 Å². The number of nitrogens with zero attached hydrogens (tertiary/aromatic N) is 5. The zero-order chi connectivity index (χ0) is 23.8. The summed E-state index contributed by atoms with van der Waals surface area (Å²) < 4.78 is 13.9. The zero-order valence-electron chi connectivity index (χ0n) is 18.7. The molecule has 3 heterocycles. The highest BCUT2D eigenvalue weighted by atomic mass is 19.1. The molecule has 1 aliphatic heterocycles. The molecule has 1 aliphatic rings. The predicted octanol–water partition coefficient (Wildman–Crippen LogP) is 2.31. The second-order valence-electron chi connectivity index (χ2n) is 7.84. The molecule has 33 heavy (non-hydrogen) atoms. The fourth-order valence-electron chi connectivity index (χ4n) is 3.55. The number of rotatable bonds is 10. The lowest BCUT2D eigenvalue weighted by Crippen LogP contribution is -2.46. The summed E-state index contributed by atoms with van der Waals surface area (Å²) in [7, 11) is 0. The fourth-order valence-corrected chi connectivity index (χ4v) is 3.55. The van der Waals surface area contributed by atoms with Gasteiger partial charge in [-0.25, -0.2) is 15.0 Å². The van der Waals surface area contributed by atoms with E-state index in [1.807, 2.05) is 11.0 Å². The highest BCUT2D eigenvalue weighted by molar-refractivity contribution is 6.04. The van der Waals surface area contributed by atoms with Crippen LogP contribution < -0.4 is 15.5 Å². The van der Waals surface area contributed by atoms with Crippen molar-refractivity contribution in [2.75, 3.05) is 48.3 Å². The normalized spacial score (nSPS) is 16.0. The van der Waals surface area contributed by atoms with Gasteiger partial charge in [-0.05, 0) is 19.4 Å². The summed E-state index contributed by atoms with van der Waals surface area (Å²) in [5.74, 6) is -0.870. The summed E-state index contributed by atoms with van der Waals surface area (Å²) in [6, 6.07) is 2.47. The van der Waals surface area contributed by atoms with Gasteiger partial charge in [-0.2, -0.15) is 4.39 Å². The van der Waals surface area contributed by atoms with Gasteiger partial charge in [0.25, 0.3) is 5.91 Å². The minimum absolute atomic E-state index is 0.129. The number of amides is 1. The second-order valence-corrected chi connectivity index (χ2v) is 7.84. The van der Waals surface area contributed by atoms with Crippen molar-refractivity contribution in [1.29, 1.82) is 0 Å². The number of nitrogens with one attached hydrogen (secondary N) is 2. The van der Waals surface area contributed by atoms with Gasteiger partial charge in [-0.3, -0.25) is 9.69 Å². The quantitative estimate of drug-likeness (QED) is 0.370. The Morgan fingerprint density at radius 1 is 1.27 bits per heavy atom. The zero-order valence-corrected chi connectivity index (χ0v) is 18.7. The van der Waals surface area contributed by atoms with E-state index < -0.39 is 18.0 Å². The molecule has 3 rings (SSSR count). The number of aliphatic hydroxyl groups excluding tert-OH is 1. The van der Waals surface area contributed by atoms with E-state index in [0.29, 0.717) is 30.9 Å². The standard InChI is InChI=1S/C23H30FN7O2/c1-4-6-20(32)16(3)27-23-25-8-7-17(29-23)22(33)28-18-15-26-21(24)14-19(18)31-12-10-30(9-5-2)11-13-31/h4-5,7-8,14-16,20,32H,1-2,6,9-13H2,3H3,(H,28,33)(H,25,27,29). The lowest BCUT2D eigenvalue weighted by Gasteiger charge is -2.36. The Morgan fingerprint density at radius 3 is 2.73 bits per heavy atom. The fraction of sp³-hybridized carbons (Fsp3) is 0.391. The largest absolute Gasteiger partial charge is 0.391 e. The molecule has 0 aliphatic carbocycles. The van der Waals surface area contributed by atoms with Gasteiger partial charge in [0.05, 0.1) is 29.7 Å². The van der Waals surface area contributed by atoms with Gasteiger partial charge in [0.2, 0.25) is 11.9 Å². The maximum atomic E-state index is 13.9. The van der Waals surface area contributed by atoms with Crippen LogP contribution in [0.1, 0.15) is 23.8 Å². The molecular weight excluding hydrogens is 425 g/mol. The average molecular weight is 456 g/mol. The third kappa shape index (κ3) is 6.56. The summed E-state index contributed by atoms with van der Waals surface area (Å²) in [5, 5.41) is 15.8. The molecule has 3 N–H and O–H groups in total. The van der Waals surface area contributed by atoms with Crippen LogP contribution in [0.5, 0.6) is 0 Å². The van der Waals surface area contributed by atoms with E-state index in [1.54, 1.807) is 13.0 Å². The van der Waals surface area contributed by atoms with E-state index in [2.05, 4.69) is 43.6 Å². The Bertz CT molecular complexity index is 979. The summed E-state index contributed by atoms with van der Waals surface area (Å²) in [4.78, 5) is 29.2. The minimum atomic E-state index is -0.664. The molecule has 1 fully saturated rings. The van der Waals surface area contributed by atoms with Crippen molar-refractivity contribution in [3.63, 3.8) is 0 Å². The van der Waals surface area contributed by atoms with Crippen molar-refractivity contribution in [1.82, 2.24) is 19.9 Å². The number of carbonyl (C=O) groups is 1. The number of anilines is 3. The molecule has 2 aromatic rings. The minimum Gasteiger partial charge on any atom is -0.391 e. The maximum Gasteiger partial charge on any atom is 0.274 e. The highest BCUT2D eigenvalue weighted by Crippen LogP contribution is 2.27. The number of halogens is 1. The smallest absolute Gasteiger partial charge is 0.274 e. The maximum absolute atomic E-state index is 13.9. The molecule has 2 aromatic heterocycles. The van der Waals surface area contributed by atoms with Crippen LogP contribution in [0.25, 0.3) is 0 Å². The monoisotopic (exact) mass is 455 g/mol. The van der Waals surface area contributed by atoms with Crippen molar-refractivity contribution in [3.05, 3.63) is 61.5 Å². The van der Waals surface area contributed by atoms with E-state index in [0.717, 1.165) is 19.6 Å². The van der Waals surface area contributed by atoms with Crippen molar-refractivity contribution in [2.24, 2.45) is 0 Å². The van der Waals surface area contributed by atoms with E-state index in [-0.39, 0.29) is 17.7 Å². The molecule has 1 amide bonds. The first kappa shape index (κ1) is 24.3. The topological polar surface area (TPSA) is 107 Å². The Balaban J connectivity index is 1.72. The van der Waals surface area contributed by atoms with Crippen molar-refractivity contribution < 1.29 is 14.3 Å². The first-order valence-corrected chi connectivity index (χ1v) is 10.8. The molecule has 1 saturated heterocycles. The molecular formula is C23H30FN7O2. The van der Waals surface area contributed by atoms with Crippen LogP contribution in [0.4, 0.5) is 21.7 Å². The first-order valence-electron chi connectivity index (χ1n) is 10.8. The van der Waals surface area contributed by atoms with Crippen LogP contribution in [-0.4, -0.2) is 75.7 Å². The molecule has 2 atom stereocenters. The molecule has 9 nitrogen and oxygen atoms in total. The first-order chi connectivity index (χ1) is 15.9. The number of carbonyl (C=O) groups excluding carboxylic acids is 1. The summed E-state index contributed by atoms with van der Waals surface area (Å²) in [6.45, 7) is 13.0. The molecule has 0 spiro atoms. The Hall–Kier alpha value is -3.37. The van der Waals surface area contributed by atoms with Crippen LogP contribution in [-0.2, 0) is 0 Å². The van der Waals surface area contributed by atoms with Crippen molar-refractivity contribution in [3.8, 4) is 0 Å². The predicted molar refractivity (Wildman–Crippen MR) is 127 cm³/mol. The summed E-state index contributed by atoms with van der Waals surface area (Å²) in [5.41, 5.74) is 1.10. The molecule has 0 bridgehead atoms. The van der Waals surface area contributed by atoms with Crippen molar-refractivity contribution in [2.45, 2.75) is 25.5 Å². The molecule has 0 saturated carbocycles.